The lowest BCUT2D eigenvalue weighted by Gasteiger charge is -2.17. The van der Waals surface area contributed by atoms with E-state index < -0.39 is 0 Å². The summed E-state index contributed by atoms with van der Waals surface area (Å²) >= 11 is 0. The molecule has 11 nitrogen and oxygen atoms in total. The molecular formula is C34H31N9O2. The molecule has 224 valence electrons. The van der Waals surface area contributed by atoms with E-state index in [-0.39, 0.29) is 30.3 Å². The maximum atomic E-state index is 12.9. The molecule has 2 saturated carbocycles. The first kappa shape index (κ1) is 27.2. The number of rotatable bonds is 8. The number of carbonyl (C=O) groups excluding carboxylic acids is 2. The summed E-state index contributed by atoms with van der Waals surface area (Å²) < 4.78 is 1.97. The Kier molecular flexibility index (Phi) is 6.27. The highest BCUT2D eigenvalue weighted by atomic mass is 16.2. The van der Waals surface area contributed by atoms with Crippen molar-refractivity contribution in [1.29, 1.82) is 5.26 Å². The van der Waals surface area contributed by atoms with Crippen LogP contribution in [0.25, 0.3) is 16.6 Å². The lowest BCUT2D eigenvalue weighted by Crippen LogP contribution is -2.30. The Morgan fingerprint density at radius 3 is 2.67 bits per heavy atom. The van der Waals surface area contributed by atoms with Gasteiger partial charge in [-0.1, -0.05) is 6.07 Å². The van der Waals surface area contributed by atoms with Gasteiger partial charge in [-0.15, -0.1) is 0 Å². The molecule has 3 aliphatic rings. The molecule has 1 saturated heterocycles. The van der Waals surface area contributed by atoms with E-state index in [1.54, 1.807) is 6.20 Å². The highest BCUT2D eigenvalue weighted by Crippen LogP contribution is 2.53. The van der Waals surface area contributed by atoms with Crippen molar-refractivity contribution in [3.63, 3.8) is 0 Å². The van der Waals surface area contributed by atoms with Crippen LogP contribution in [0.3, 0.4) is 0 Å². The molecule has 3 amide bonds. The third-order valence-corrected chi connectivity index (χ3v) is 9.10. The molecule has 1 aromatic carbocycles. The van der Waals surface area contributed by atoms with Crippen LogP contribution in [0.5, 0.6) is 0 Å². The largest absolute Gasteiger partial charge is 0.379 e. The second kappa shape index (κ2) is 10.4. The van der Waals surface area contributed by atoms with Gasteiger partial charge in [-0.05, 0) is 73.6 Å². The summed E-state index contributed by atoms with van der Waals surface area (Å²) in [7, 11) is 1.51. The van der Waals surface area contributed by atoms with Crippen LogP contribution in [0.1, 0.15) is 71.0 Å². The molecule has 2 aliphatic carbocycles. The Morgan fingerprint density at radius 1 is 1.04 bits per heavy atom. The van der Waals surface area contributed by atoms with E-state index in [0.29, 0.717) is 30.2 Å². The minimum atomic E-state index is -0.333. The number of amides is 3. The fourth-order valence-corrected chi connectivity index (χ4v) is 6.36. The fourth-order valence-electron chi connectivity index (χ4n) is 6.36. The number of fused-ring (bicyclic) bond motifs is 2. The van der Waals surface area contributed by atoms with Crippen LogP contribution >= 0.6 is 0 Å². The number of aromatic nitrogens is 5. The van der Waals surface area contributed by atoms with Gasteiger partial charge in [-0.3, -0.25) is 19.6 Å². The van der Waals surface area contributed by atoms with Crippen molar-refractivity contribution >= 4 is 39.9 Å². The van der Waals surface area contributed by atoms with Crippen molar-refractivity contribution in [3.8, 4) is 6.07 Å². The molecule has 4 aromatic heterocycles. The second-order valence-electron chi connectivity index (χ2n) is 12.3. The summed E-state index contributed by atoms with van der Waals surface area (Å²) in [5.74, 6) is 1.57. The quantitative estimate of drug-likeness (QED) is 0.241. The molecule has 1 aliphatic heterocycles. The Labute approximate surface area is 259 Å². The molecule has 11 heteroatoms. The zero-order chi connectivity index (χ0) is 30.8. The Hall–Kier alpha value is -5.37. The summed E-state index contributed by atoms with van der Waals surface area (Å²) in [5, 5.41) is 14.0. The van der Waals surface area contributed by atoms with Gasteiger partial charge in [0.05, 0.1) is 35.9 Å². The average Bonchev–Trinajstić information content (AvgIpc) is 3.97. The van der Waals surface area contributed by atoms with E-state index >= 15 is 0 Å². The number of imidazole rings is 1. The van der Waals surface area contributed by atoms with Crippen LogP contribution < -0.4 is 10.2 Å². The molecule has 5 aromatic rings. The Morgan fingerprint density at radius 2 is 1.91 bits per heavy atom. The summed E-state index contributed by atoms with van der Waals surface area (Å²) in [6.07, 6.45) is 9.37. The van der Waals surface area contributed by atoms with Gasteiger partial charge in [0, 0.05) is 59.9 Å². The number of imide groups is 1. The predicted octanol–water partition coefficient (Wildman–Crippen LogP) is 5.21. The van der Waals surface area contributed by atoms with Crippen molar-refractivity contribution in [2.75, 3.05) is 23.8 Å². The molecule has 5 heterocycles. The number of anilines is 2. The average molecular weight is 598 g/mol. The van der Waals surface area contributed by atoms with E-state index in [4.69, 9.17) is 9.97 Å². The molecule has 8 rings (SSSR count). The summed E-state index contributed by atoms with van der Waals surface area (Å²) in [6, 6.07) is 14.0. The molecule has 0 bridgehead atoms. The lowest BCUT2D eigenvalue weighted by molar-refractivity contribution is -0.123. The van der Waals surface area contributed by atoms with Crippen LogP contribution in [0, 0.1) is 18.3 Å². The highest BCUT2D eigenvalue weighted by Gasteiger charge is 2.43. The number of aryl methyl sites for hydroxylation is 1. The molecule has 45 heavy (non-hydrogen) atoms. The topological polar surface area (TPSA) is 132 Å². The molecule has 2 atom stereocenters. The van der Waals surface area contributed by atoms with Crippen LogP contribution in [0.15, 0.2) is 55.0 Å². The lowest BCUT2D eigenvalue weighted by atomic mass is 10.0. The van der Waals surface area contributed by atoms with E-state index in [9.17, 15) is 14.9 Å². The third-order valence-electron chi connectivity index (χ3n) is 9.10. The fraction of sp³-hybridized carbons (Fsp3) is 0.324. The summed E-state index contributed by atoms with van der Waals surface area (Å²) in [5.41, 5.74) is 7.90. The van der Waals surface area contributed by atoms with Crippen LogP contribution in [0.2, 0.25) is 0 Å². The molecule has 0 spiro atoms. The monoisotopic (exact) mass is 597 g/mol. The zero-order valence-corrected chi connectivity index (χ0v) is 25.1. The number of benzene rings is 1. The predicted molar refractivity (Wildman–Crippen MR) is 168 cm³/mol. The number of nitrogens with zero attached hydrogens (tertiary/aromatic N) is 8. The zero-order valence-electron chi connectivity index (χ0n) is 25.1. The van der Waals surface area contributed by atoms with Gasteiger partial charge in [0.25, 0.3) is 0 Å². The number of hydrogen-bond acceptors (Lipinski definition) is 8. The molecular weight excluding hydrogens is 566 g/mol. The summed E-state index contributed by atoms with van der Waals surface area (Å²) in [4.78, 5) is 46.9. The number of carbonyl (C=O) groups is 2. The first-order chi connectivity index (χ1) is 21.9. The maximum Gasteiger partial charge on any atom is 0.331 e. The van der Waals surface area contributed by atoms with Gasteiger partial charge >= 0.3 is 6.03 Å². The van der Waals surface area contributed by atoms with Crippen molar-refractivity contribution in [3.05, 3.63) is 89.0 Å². The van der Waals surface area contributed by atoms with Crippen molar-refractivity contribution in [1.82, 2.24) is 29.2 Å². The van der Waals surface area contributed by atoms with E-state index in [0.717, 1.165) is 74.8 Å². The van der Waals surface area contributed by atoms with Gasteiger partial charge in [-0.25, -0.2) is 19.7 Å². The Bertz CT molecular complexity index is 2080. The number of nitrogens with one attached hydrogen (secondary N) is 1. The van der Waals surface area contributed by atoms with Gasteiger partial charge < -0.3 is 9.72 Å². The first-order valence-corrected chi connectivity index (χ1v) is 15.3. The third kappa shape index (κ3) is 4.92. The van der Waals surface area contributed by atoms with Crippen LogP contribution in [-0.4, -0.2) is 54.8 Å². The van der Waals surface area contributed by atoms with Crippen molar-refractivity contribution in [2.45, 2.75) is 56.9 Å². The van der Waals surface area contributed by atoms with Gasteiger partial charge in [-0.2, -0.15) is 5.26 Å². The number of hydrogen-bond donors (Lipinski definition) is 1. The number of likely N-dealkylation sites (N-methyl/N-ethyl adjacent to an activating group) is 1. The Balaban J connectivity index is 1.07. The molecule has 0 radical (unpaired) electrons. The number of nitriles is 1. The minimum Gasteiger partial charge on any atom is -0.379 e. The van der Waals surface area contributed by atoms with E-state index in [2.05, 4.69) is 33.6 Å². The smallest absolute Gasteiger partial charge is 0.331 e. The second-order valence-corrected chi connectivity index (χ2v) is 12.3. The standard InChI is InChI=1S/C34H31N9O2/c1-19-8-10-36-32(38-19)27-14-26(27)28-11-21(7-9-35)25-6-5-23(13-29(25)40-28)37-15-24-17-42-16-22(20-3-4-20)12-30(33(42)39-24)43-18-31(44)41(2)34(43)45/h5-6,8,10-13,16-17,20,26-27,37H,3-4,7,14-15,18H2,1-2H3. The number of urea groups is 1. The molecule has 3 fully saturated rings. The van der Waals surface area contributed by atoms with Crippen molar-refractivity contribution in [2.24, 2.45) is 0 Å². The normalized spacial score (nSPS) is 19.5. The van der Waals surface area contributed by atoms with E-state index in [1.165, 1.54) is 11.9 Å². The van der Waals surface area contributed by atoms with E-state index in [1.807, 2.05) is 47.9 Å². The van der Waals surface area contributed by atoms with Gasteiger partial charge in [0.1, 0.15) is 12.4 Å². The molecule has 1 N–H and O–H groups in total. The van der Waals surface area contributed by atoms with Crippen molar-refractivity contribution < 1.29 is 9.59 Å². The maximum absolute atomic E-state index is 12.9. The SMILES string of the molecule is Cc1ccnc(C2CC2c2cc(CC#N)c3ccc(NCc4cn5cc(C6CC6)cc(N6CC(=O)N(C)C6=O)c5n4)cc3n2)n1. The van der Waals surface area contributed by atoms with Crippen LogP contribution in [-0.2, 0) is 17.8 Å². The first-order valence-electron chi connectivity index (χ1n) is 15.3. The summed E-state index contributed by atoms with van der Waals surface area (Å²) in [6.45, 7) is 2.44. The molecule has 2 unspecified atom stereocenters. The van der Waals surface area contributed by atoms with Crippen LogP contribution in [0.4, 0.5) is 16.2 Å². The van der Waals surface area contributed by atoms with Gasteiger partial charge in [0.2, 0.25) is 5.91 Å². The minimum absolute atomic E-state index is 0.0129. The highest BCUT2D eigenvalue weighted by molar-refractivity contribution is 6.13. The van der Waals surface area contributed by atoms with Gasteiger partial charge in [0.15, 0.2) is 5.65 Å². The number of pyridine rings is 2.